The van der Waals surface area contributed by atoms with Gasteiger partial charge in [0.05, 0.1) is 24.6 Å². The maximum absolute atomic E-state index is 12.0. The van der Waals surface area contributed by atoms with Crippen LogP contribution < -0.4 is 4.72 Å². The first-order chi connectivity index (χ1) is 9.25. The van der Waals surface area contributed by atoms with Crippen molar-refractivity contribution in [2.75, 3.05) is 39.4 Å². The molecular weight excluding hydrogens is 260 g/mol. The summed E-state index contributed by atoms with van der Waals surface area (Å²) in [6, 6.07) is 7.81. The lowest BCUT2D eigenvalue weighted by molar-refractivity contribution is 0.0376. The van der Waals surface area contributed by atoms with Gasteiger partial charge in [-0.25, -0.2) is 0 Å². The topological polar surface area (TPSA) is 47.6 Å². The minimum atomic E-state index is -1.09. The first-order valence-electron chi connectivity index (χ1n) is 6.78. The van der Waals surface area contributed by atoms with Gasteiger partial charge in [0.2, 0.25) is 0 Å². The van der Waals surface area contributed by atoms with E-state index < -0.39 is 11.4 Å². The van der Waals surface area contributed by atoms with Crippen LogP contribution >= 0.6 is 0 Å². The highest BCUT2D eigenvalue weighted by atomic mass is 32.2. The quantitative estimate of drug-likeness (QED) is 0.632. The molecule has 0 aliphatic carbocycles. The first-order valence-corrected chi connectivity index (χ1v) is 7.93. The molecule has 1 aromatic rings. The van der Waals surface area contributed by atoms with E-state index in [-0.39, 0.29) is 0 Å². The highest BCUT2D eigenvalue weighted by molar-refractivity contribution is 7.89. The molecule has 106 valence electrons. The molecule has 0 saturated carbocycles. The summed E-state index contributed by atoms with van der Waals surface area (Å²) in [6.07, 6.45) is 1.01. The SMILES string of the molecule is Cc1ccc([S+]([O-])NCCCN2CCOCC2)cc1. The van der Waals surface area contributed by atoms with E-state index >= 15 is 0 Å². The number of rotatable bonds is 6. The van der Waals surface area contributed by atoms with Crippen LogP contribution in [0.3, 0.4) is 0 Å². The van der Waals surface area contributed by atoms with Crippen molar-refractivity contribution in [2.45, 2.75) is 18.2 Å². The van der Waals surface area contributed by atoms with Crippen molar-refractivity contribution in [3.63, 3.8) is 0 Å². The lowest BCUT2D eigenvalue weighted by Crippen LogP contribution is -2.38. The molecule has 19 heavy (non-hydrogen) atoms. The minimum Gasteiger partial charge on any atom is -0.593 e. The highest BCUT2D eigenvalue weighted by Crippen LogP contribution is 2.09. The van der Waals surface area contributed by atoms with Crippen molar-refractivity contribution in [3.05, 3.63) is 29.8 Å². The lowest BCUT2D eigenvalue weighted by Gasteiger charge is -2.26. The molecule has 2 rings (SSSR count). The Morgan fingerprint density at radius 1 is 1.26 bits per heavy atom. The smallest absolute Gasteiger partial charge is 0.173 e. The van der Waals surface area contributed by atoms with Gasteiger partial charge in [-0.1, -0.05) is 17.7 Å². The van der Waals surface area contributed by atoms with E-state index in [0.717, 1.165) is 50.7 Å². The summed E-state index contributed by atoms with van der Waals surface area (Å²) in [5, 5.41) is 0. The van der Waals surface area contributed by atoms with Crippen LogP contribution in [-0.2, 0) is 16.1 Å². The Kier molecular flexibility index (Phi) is 6.13. The molecule has 1 fully saturated rings. The molecular formula is C14H22N2O2S. The molecule has 1 unspecified atom stereocenters. The Hall–Kier alpha value is -0.590. The number of nitrogens with one attached hydrogen (secondary N) is 1. The van der Waals surface area contributed by atoms with Crippen LogP contribution in [0.1, 0.15) is 12.0 Å². The highest BCUT2D eigenvalue weighted by Gasteiger charge is 2.12. The molecule has 4 nitrogen and oxygen atoms in total. The molecule has 0 bridgehead atoms. The van der Waals surface area contributed by atoms with Crippen molar-refractivity contribution in [3.8, 4) is 0 Å². The Morgan fingerprint density at radius 2 is 1.95 bits per heavy atom. The van der Waals surface area contributed by atoms with Crippen molar-refractivity contribution in [1.29, 1.82) is 0 Å². The van der Waals surface area contributed by atoms with E-state index in [2.05, 4.69) is 9.62 Å². The zero-order valence-corrected chi connectivity index (χ0v) is 12.2. The summed E-state index contributed by atoms with van der Waals surface area (Å²) >= 11 is -1.09. The van der Waals surface area contributed by atoms with E-state index in [4.69, 9.17) is 4.74 Å². The fraction of sp³-hybridized carbons (Fsp3) is 0.571. The summed E-state index contributed by atoms with van der Waals surface area (Å²) < 4.78 is 20.4. The van der Waals surface area contributed by atoms with Gasteiger partial charge >= 0.3 is 0 Å². The van der Waals surface area contributed by atoms with E-state index in [1.165, 1.54) is 5.56 Å². The Balaban J connectivity index is 1.63. The van der Waals surface area contributed by atoms with E-state index in [0.29, 0.717) is 0 Å². The van der Waals surface area contributed by atoms with Crippen LogP contribution in [0.2, 0.25) is 0 Å². The third-order valence-electron chi connectivity index (χ3n) is 3.22. The largest absolute Gasteiger partial charge is 0.593 e. The van der Waals surface area contributed by atoms with Crippen molar-refractivity contribution >= 4 is 11.4 Å². The molecule has 5 heteroatoms. The average Bonchev–Trinajstić information content (AvgIpc) is 2.45. The van der Waals surface area contributed by atoms with Gasteiger partial charge in [0.1, 0.15) is 0 Å². The van der Waals surface area contributed by atoms with Crippen LogP contribution in [0, 0.1) is 6.92 Å². The Bertz CT molecular complexity index is 366. The fourth-order valence-electron chi connectivity index (χ4n) is 2.04. The lowest BCUT2D eigenvalue weighted by atomic mass is 10.2. The summed E-state index contributed by atoms with van der Waals surface area (Å²) in [5.74, 6) is 0. The third-order valence-corrected chi connectivity index (χ3v) is 4.39. The fourth-order valence-corrected chi connectivity index (χ4v) is 2.92. The number of hydrogen-bond donors (Lipinski definition) is 1. The molecule has 0 aromatic heterocycles. The monoisotopic (exact) mass is 282 g/mol. The summed E-state index contributed by atoms with van der Waals surface area (Å²) in [6.45, 7) is 7.55. The van der Waals surface area contributed by atoms with E-state index in [1.807, 2.05) is 31.2 Å². The molecule has 1 aromatic carbocycles. The van der Waals surface area contributed by atoms with Gasteiger partial charge in [-0.15, -0.1) is 4.72 Å². The van der Waals surface area contributed by atoms with Gasteiger partial charge < -0.3 is 9.29 Å². The summed E-state index contributed by atoms with van der Waals surface area (Å²) in [5.41, 5.74) is 1.19. The van der Waals surface area contributed by atoms with Crippen molar-refractivity contribution in [1.82, 2.24) is 9.62 Å². The summed E-state index contributed by atoms with van der Waals surface area (Å²) in [7, 11) is 0. The van der Waals surface area contributed by atoms with Crippen LogP contribution in [0.25, 0.3) is 0 Å². The predicted molar refractivity (Wildman–Crippen MR) is 77.5 cm³/mol. The number of aryl methyl sites for hydroxylation is 1. The molecule has 1 N–H and O–H groups in total. The van der Waals surface area contributed by atoms with Gasteiger partial charge in [-0.05, 0) is 32.0 Å². The summed E-state index contributed by atoms with van der Waals surface area (Å²) in [4.78, 5) is 3.23. The van der Waals surface area contributed by atoms with Gasteiger partial charge in [0.15, 0.2) is 4.90 Å². The first kappa shape index (κ1) is 14.8. The Morgan fingerprint density at radius 3 is 2.63 bits per heavy atom. The molecule has 0 amide bonds. The number of hydrogen-bond acceptors (Lipinski definition) is 4. The van der Waals surface area contributed by atoms with Crippen molar-refractivity contribution < 1.29 is 9.29 Å². The number of nitrogens with zero attached hydrogens (tertiary/aromatic N) is 1. The van der Waals surface area contributed by atoms with Crippen LogP contribution in [0.15, 0.2) is 29.2 Å². The molecule has 0 spiro atoms. The molecule has 1 aliphatic rings. The third kappa shape index (κ3) is 5.12. The number of benzene rings is 1. The maximum atomic E-state index is 12.0. The standard InChI is InChI=1S/C14H22N2O2S/c1-13-3-5-14(6-4-13)19(17)15-7-2-8-16-9-11-18-12-10-16/h3-6,15H,2,7-12H2,1H3. The number of ether oxygens (including phenoxy) is 1. The zero-order valence-electron chi connectivity index (χ0n) is 11.4. The van der Waals surface area contributed by atoms with Crippen LogP contribution in [0.5, 0.6) is 0 Å². The number of morpholine rings is 1. The van der Waals surface area contributed by atoms with Gasteiger partial charge in [0, 0.05) is 19.6 Å². The van der Waals surface area contributed by atoms with E-state index in [9.17, 15) is 4.55 Å². The molecule has 1 aliphatic heterocycles. The maximum Gasteiger partial charge on any atom is 0.173 e. The predicted octanol–water partition coefficient (Wildman–Crippen LogP) is 1.33. The molecule has 1 saturated heterocycles. The van der Waals surface area contributed by atoms with E-state index in [1.54, 1.807) is 0 Å². The Labute approximate surface area is 118 Å². The van der Waals surface area contributed by atoms with Gasteiger partial charge in [-0.3, -0.25) is 4.90 Å². The second-order valence-electron chi connectivity index (χ2n) is 4.78. The van der Waals surface area contributed by atoms with Gasteiger partial charge in [-0.2, -0.15) is 0 Å². The van der Waals surface area contributed by atoms with Gasteiger partial charge in [0.25, 0.3) is 0 Å². The van der Waals surface area contributed by atoms with Crippen molar-refractivity contribution in [2.24, 2.45) is 0 Å². The second kappa shape index (κ2) is 7.87. The second-order valence-corrected chi connectivity index (χ2v) is 6.08. The zero-order chi connectivity index (χ0) is 13.5. The average molecular weight is 282 g/mol. The molecule has 1 atom stereocenters. The molecule has 1 heterocycles. The minimum absolute atomic E-state index is 0.776. The molecule has 0 radical (unpaired) electrons. The van der Waals surface area contributed by atoms with Crippen LogP contribution in [0.4, 0.5) is 0 Å². The normalized spacial score (nSPS) is 18.4. The van der Waals surface area contributed by atoms with Crippen LogP contribution in [-0.4, -0.2) is 48.8 Å².